The van der Waals surface area contributed by atoms with Crippen molar-refractivity contribution in [3.8, 4) is 5.75 Å². The van der Waals surface area contributed by atoms with Crippen LogP contribution in [0.15, 0.2) is 42.5 Å². The van der Waals surface area contributed by atoms with Crippen LogP contribution >= 0.6 is 11.6 Å². The smallest absolute Gasteiger partial charge is 0.272 e. The second kappa shape index (κ2) is 8.25. The minimum Gasteiger partial charge on any atom is -0.494 e. The van der Waals surface area contributed by atoms with Gasteiger partial charge < -0.3 is 15.0 Å². The second-order valence-electron chi connectivity index (χ2n) is 7.02. The lowest BCUT2D eigenvalue weighted by molar-refractivity contribution is 0.0719. The van der Waals surface area contributed by atoms with Gasteiger partial charge in [0.1, 0.15) is 22.8 Å². The highest BCUT2D eigenvalue weighted by molar-refractivity contribution is 6.30. The number of carbonyl (C=O) groups is 1. The third-order valence-electron chi connectivity index (χ3n) is 5.08. The average Bonchev–Trinajstić information content (AvgIpc) is 2.76. The van der Waals surface area contributed by atoms with E-state index in [0.29, 0.717) is 28.3 Å². The quantitative estimate of drug-likeness (QED) is 0.621. The molecule has 150 valence electrons. The fourth-order valence-corrected chi connectivity index (χ4v) is 3.71. The molecule has 0 radical (unpaired) electrons. The van der Waals surface area contributed by atoms with E-state index in [1.165, 1.54) is 12.1 Å². The summed E-state index contributed by atoms with van der Waals surface area (Å²) < 4.78 is 19.4. The van der Waals surface area contributed by atoms with Crippen LogP contribution in [-0.2, 0) is 0 Å². The minimum absolute atomic E-state index is 0.0535. The molecule has 1 saturated heterocycles. The number of fused-ring (bicyclic) bond motifs is 1. The molecule has 5 nitrogen and oxygen atoms in total. The van der Waals surface area contributed by atoms with Crippen molar-refractivity contribution in [2.45, 2.75) is 19.3 Å². The Hall–Kier alpha value is -2.86. The number of likely N-dealkylation sites (tertiary alicyclic amines) is 1. The predicted molar refractivity (Wildman–Crippen MR) is 113 cm³/mol. The van der Waals surface area contributed by atoms with E-state index in [-0.39, 0.29) is 10.9 Å². The number of nitrogens with zero attached hydrogens (tertiary/aromatic N) is 2. The highest BCUT2D eigenvalue weighted by atomic mass is 35.5. The molecule has 1 aromatic heterocycles. The topological polar surface area (TPSA) is 54.5 Å². The number of amides is 1. The molecule has 1 amide bonds. The molecule has 1 aliphatic heterocycles. The van der Waals surface area contributed by atoms with E-state index in [9.17, 15) is 9.18 Å². The van der Waals surface area contributed by atoms with Gasteiger partial charge in [0.15, 0.2) is 0 Å². The van der Waals surface area contributed by atoms with E-state index < -0.39 is 5.82 Å². The van der Waals surface area contributed by atoms with Gasteiger partial charge in [0.05, 0.1) is 17.8 Å². The zero-order chi connectivity index (χ0) is 20.4. The van der Waals surface area contributed by atoms with E-state index in [4.69, 9.17) is 16.3 Å². The molecule has 7 heteroatoms. The van der Waals surface area contributed by atoms with Gasteiger partial charge in [0.25, 0.3) is 5.91 Å². The summed E-state index contributed by atoms with van der Waals surface area (Å²) in [5.74, 6) is -0.0544. The maximum Gasteiger partial charge on any atom is 0.272 e. The Morgan fingerprint density at radius 1 is 1.17 bits per heavy atom. The second-order valence-corrected chi connectivity index (χ2v) is 7.43. The van der Waals surface area contributed by atoms with Crippen LogP contribution in [0.5, 0.6) is 5.75 Å². The maximum atomic E-state index is 13.9. The number of hydrogen-bond acceptors (Lipinski definition) is 4. The van der Waals surface area contributed by atoms with Crippen molar-refractivity contribution in [3.05, 3.63) is 59.0 Å². The SMILES string of the molecule is COc1cccc2c(Nc3ccc(Cl)c(F)c3)cc(C(=O)N3CCCCC3)nc12. The number of benzene rings is 2. The molecule has 0 saturated carbocycles. The van der Waals surface area contributed by atoms with Crippen LogP contribution in [-0.4, -0.2) is 36.0 Å². The van der Waals surface area contributed by atoms with E-state index >= 15 is 0 Å². The molecule has 1 fully saturated rings. The standard InChI is InChI=1S/C22H21ClFN3O2/c1-29-20-7-5-6-15-18(25-14-8-9-16(23)17(24)12-14)13-19(26-21(15)20)22(28)27-10-3-2-4-11-27/h5-9,12-13H,2-4,10-11H2,1H3,(H,25,26). The number of halogens is 2. The van der Waals surface area contributed by atoms with Gasteiger partial charge in [0, 0.05) is 24.2 Å². The Morgan fingerprint density at radius 3 is 2.69 bits per heavy atom. The molecule has 1 aliphatic rings. The van der Waals surface area contributed by atoms with Crippen LogP contribution in [0.2, 0.25) is 5.02 Å². The molecule has 4 rings (SSSR count). The first kappa shape index (κ1) is 19.5. The summed E-state index contributed by atoms with van der Waals surface area (Å²) >= 11 is 5.79. The maximum absolute atomic E-state index is 13.9. The third-order valence-corrected chi connectivity index (χ3v) is 5.39. The number of carbonyl (C=O) groups excluding carboxylic acids is 1. The van der Waals surface area contributed by atoms with Crippen molar-refractivity contribution in [1.29, 1.82) is 0 Å². The summed E-state index contributed by atoms with van der Waals surface area (Å²) in [7, 11) is 1.57. The minimum atomic E-state index is -0.516. The van der Waals surface area contributed by atoms with Crippen molar-refractivity contribution in [1.82, 2.24) is 9.88 Å². The molecule has 2 aromatic carbocycles. The Bertz CT molecular complexity index is 1070. The fraction of sp³-hybridized carbons (Fsp3) is 0.273. The van der Waals surface area contributed by atoms with Crippen molar-refractivity contribution < 1.29 is 13.9 Å². The van der Waals surface area contributed by atoms with Crippen molar-refractivity contribution in [3.63, 3.8) is 0 Å². The summed E-state index contributed by atoms with van der Waals surface area (Å²) in [6.45, 7) is 1.46. The van der Waals surface area contributed by atoms with Crippen molar-refractivity contribution in [2.75, 3.05) is 25.5 Å². The molecule has 29 heavy (non-hydrogen) atoms. The largest absolute Gasteiger partial charge is 0.494 e. The Morgan fingerprint density at radius 2 is 1.97 bits per heavy atom. The number of rotatable bonds is 4. The zero-order valence-corrected chi connectivity index (χ0v) is 16.8. The molecular weight excluding hydrogens is 393 g/mol. The summed E-state index contributed by atoms with van der Waals surface area (Å²) in [5.41, 5.74) is 2.09. The molecule has 2 heterocycles. The summed E-state index contributed by atoms with van der Waals surface area (Å²) in [5, 5.41) is 4.03. The van der Waals surface area contributed by atoms with Crippen LogP contribution in [0.3, 0.4) is 0 Å². The van der Waals surface area contributed by atoms with Gasteiger partial charge in [-0.25, -0.2) is 9.37 Å². The molecule has 1 N–H and O–H groups in total. The Labute approximate surface area is 173 Å². The van der Waals surface area contributed by atoms with Gasteiger partial charge in [-0.1, -0.05) is 23.7 Å². The highest BCUT2D eigenvalue weighted by Crippen LogP contribution is 2.33. The van der Waals surface area contributed by atoms with Gasteiger partial charge in [-0.15, -0.1) is 0 Å². The van der Waals surface area contributed by atoms with E-state index in [1.54, 1.807) is 25.3 Å². The van der Waals surface area contributed by atoms with E-state index in [1.807, 2.05) is 17.0 Å². The number of nitrogens with one attached hydrogen (secondary N) is 1. The predicted octanol–water partition coefficient (Wildman–Crippen LogP) is 5.41. The number of ether oxygens (including phenoxy) is 1. The van der Waals surface area contributed by atoms with Crippen LogP contribution in [0.25, 0.3) is 10.9 Å². The number of aromatic nitrogens is 1. The van der Waals surface area contributed by atoms with Crippen molar-refractivity contribution >= 4 is 39.8 Å². The molecule has 0 spiro atoms. The first-order valence-corrected chi connectivity index (χ1v) is 9.94. The molecule has 0 bridgehead atoms. The summed E-state index contributed by atoms with van der Waals surface area (Å²) in [4.78, 5) is 19.5. The molecule has 3 aromatic rings. The number of methoxy groups -OCH3 is 1. The summed E-state index contributed by atoms with van der Waals surface area (Å²) in [6, 6.07) is 11.7. The molecule has 0 unspecified atom stereocenters. The van der Waals surface area contributed by atoms with Crippen LogP contribution in [0.4, 0.5) is 15.8 Å². The van der Waals surface area contributed by atoms with Gasteiger partial charge >= 0.3 is 0 Å². The number of piperidine rings is 1. The highest BCUT2D eigenvalue weighted by Gasteiger charge is 2.22. The number of pyridine rings is 1. The lowest BCUT2D eigenvalue weighted by atomic mass is 10.1. The average molecular weight is 414 g/mol. The molecule has 0 aliphatic carbocycles. The molecular formula is C22H21ClFN3O2. The van der Waals surface area contributed by atoms with Crippen LogP contribution < -0.4 is 10.1 Å². The normalized spacial score (nSPS) is 14.1. The molecule has 0 atom stereocenters. The first-order valence-electron chi connectivity index (χ1n) is 9.56. The number of para-hydroxylation sites is 1. The Balaban J connectivity index is 1.80. The van der Waals surface area contributed by atoms with Gasteiger partial charge in [-0.2, -0.15) is 0 Å². The number of anilines is 2. The van der Waals surface area contributed by atoms with E-state index in [2.05, 4.69) is 10.3 Å². The van der Waals surface area contributed by atoms with Crippen molar-refractivity contribution in [2.24, 2.45) is 0 Å². The summed E-state index contributed by atoms with van der Waals surface area (Å²) in [6.07, 6.45) is 3.13. The zero-order valence-electron chi connectivity index (χ0n) is 16.0. The number of hydrogen-bond donors (Lipinski definition) is 1. The Kier molecular flexibility index (Phi) is 5.53. The van der Waals surface area contributed by atoms with Gasteiger partial charge in [0.2, 0.25) is 0 Å². The monoisotopic (exact) mass is 413 g/mol. The van der Waals surface area contributed by atoms with Crippen LogP contribution in [0.1, 0.15) is 29.8 Å². The lowest BCUT2D eigenvalue weighted by Crippen LogP contribution is -2.36. The van der Waals surface area contributed by atoms with Gasteiger partial charge in [-0.05, 0) is 49.6 Å². The van der Waals surface area contributed by atoms with Crippen LogP contribution in [0, 0.1) is 5.82 Å². The first-order chi connectivity index (χ1) is 14.1. The fourth-order valence-electron chi connectivity index (χ4n) is 3.59. The van der Waals surface area contributed by atoms with E-state index in [0.717, 1.165) is 37.7 Å². The van der Waals surface area contributed by atoms with Gasteiger partial charge in [-0.3, -0.25) is 4.79 Å². The lowest BCUT2D eigenvalue weighted by Gasteiger charge is -2.26. The third kappa shape index (κ3) is 3.98.